The highest BCUT2D eigenvalue weighted by atomic mass is 32.2. The third-order valence-corrected chi connectivity index (χ3v) is 8.31. The van der Waals surface area contributed by atoms with Gasteiger partial charge < -0.3 is 10.0 Å². The Balaban J connectivity index is 1.54. The van der Waals surface area contributed by atoms with Gasteiger partial charge in [0.05, 0.1) is 10.7 Å². The van der Waals surface area contributed by atoms with Gasteiger partial charge in [-0.1, -0.05) is 54.2 Å². The number of amides is 1. The van der Waals surface area contributed by atoms with Gasteiger partial charge in [-0.25, -0.2) is 9.59 Å². The fourth-order valence-electron chi connectivity index (χ4n) is 4.18. The average Bonchev–Trinajstić information content (AvgIpc) is 3.40. The maximum absolute atomic E-state index is 13.5. The van der Waals surface area contributed by atoms with E-state index < -0.39 is 5.97 Å². The number of hydrogen-bond acceptors (Lipinski definition) is 6. The molecule has 0 saturated carbocycles. The van der Waals surface area contributed by atoms with E-state index in [-0.39, 0.29) is 22.0 Å². The van der Waals surface area contributed by atoms with Crippen LogP contribution in [0.5, 0.6) is 0 Å². The molecule has 2 aromatic rings. The number of benzene rings is 2. The first-order chi connectivity index (χ1) is 15.5. The summed E-state index contributed by atoms with van der Waals surface area (Å²) in [6.07, 6.45) is 3.64. The first kappa shape index (κ1) is 20.6. The predicted octanol–water partition coefficient (Wildman–Crippen LogP) is 4.62. The summed E-state index contributed by atoms with van der Waals surface area (Å²) in [7, 11) is 1.97. The van der Waals surface area contributed by atoms with Crippen molar-refractivity contribution in [3.63, 3.8) is 0 Å². The molecule has 8 heteroatoms. The molecule has 3 heterocycles. The van der Waals surface area contributed by atoms with Crippen LogP contribution in [0, 0.1) is 11.3 Å². The summed E-state index contributed by atoms with van der Waals surface area (Å²) < 4.78 is -0.123. The van der Waals surface area contributed by atoms with Crippen LogP contribution in [-0.4, -0.2) is 35.1 Å². The lowest BCUT2D eigenvalue weighted by Gasteiger charge is -2.12. The molecule has 0 aliphatic carbocycles. The van der Waals surface area contributed by atoms with Gasteiger partial charge in [-0.3, -0.25) is 0 Å². The van der Waals surface area contributed by atoms with Crippen molar-refractivity contribution in [2.24, 2.45) is 0 Å². The molecular weight excluding hydrogens is 442 g/mol. The van der Waals surface area contributed by atoms with E-state index in [9.17, 15) is 20.0 Å². The topological polar surface area (TPSA) is 81.4 Å². The van der Waals surface area contributed by atoms with E-state index >= 15 is 0 Å². The van der Waals surface area contributed by atoms with Crippen molar-refractivity contribution in [1.82, 2.24) is 0 Å². The molecule has 2 aromatic carbocycles. The molecule has 0 bridgehead atoms. The van der Waals surface area contributed by atoms with Crippen molar-refractivity contribution in [2.75, 3.05) is 18.5 Å². The SMILES string of the molecule is CN1C(=CC=C2S/C(=C(\C#N)C(=O)O)[N+]3(CC3c3ccccc3)C2=O)Sc2ccccc21. The molecule has 1 spiro atoms. The van der Waals surface area contributed by atoms with E-state index in [0.29, 0.717) is 16.5 Å². The van der Waals surface area contributed by atoms with Gasteiger partial charge in [0.15, 0.2) is 6.04 Å². The number of aliphatic carboxylic acids is 1. The molecule has 2 saturated heterocycles. The largest absolute Gasteiger partial charge is 0.477 e. The summed E-state index contributed by atoms with van der Waals surface area (Å²) in [6, 6.07) is 19.3. The van der Waals surface area contributed by atoms with E-state index in [1.54, 1.807) is 23.9 Å². The molecule has 32 heavy (non-hydrogen) atoms. The Morgan fingerprint density at radius 2 is 1.88 bits per heavy atom. The highest BCUT2D eigenvalue weighted by molar-refractivity contribution is 8.07. The van der Waals surface area contributed by atoms with Gasteiger partial charge in [0.1, 0.15) is 17.5 Å². The van der Waals surface area contributed by atoms with Crippen LogP contribution in [0.1, 0.15) is 11.6 Å². The van der Waals surface area contributed by atoms with Crippen molar-refractivity contribution >= 4 is 41.1 Å². The molecule has 3 aliphatic rings. The van der Waals surface area contributed by atoms with Gasteiger partial charge in [0, 0.05) is 17.5 Å². The zero-order valence-corrected chi connectivity index (χ0v) is 18.7. The van der Waals surface area contributed by atoms with Crippen molar-refractivity contribution in [2.45, 2.75) is 10.9 Å². The first-order valence-electron chi connectivity index (χ1n) is 9.93. The monoisotopic (exact) mass is 460 g/mol. The van der Waals surface area contributed by atoms with Crippen molar-refractivity contribution in [3.8, 4) is 6.07 Å². The molecule has 2 fully saturated rings. The number of allylic oxidation sites excluding steroid dienone is 2. The summed E-state index contributed by atoms with van der Waals surface area (Å²) in [5.74, 6) is -1.46. The second-order valence-corrected chi connectivity index (χ2v) is 9.74. The zero-order chi connectivity index (χ0) is 22.5. The Kier molecular flexibility index (Phi) is 4.97. The van der Waals surface area contributed by atoms with Crippen molar-refractivity contribution in [1.29, 1.82) is 5.26 Å². The highest BCUT2D eigenvalue weighted by Crippen LogP contribution is 2.61. The number of nitrogens with zero attached hydrogens (tertiary/aromatic N) is 3. The van der Waals surface area contributed by atoms with Crippen molar-refractivity contribution in [3.05, 3.63) is 92.8 Å². The Labute approximate surface area is 193 Å². The Hall–Kier alpha value is -3.25. The van der Waals surface area contributed by atoms with Crippen LogP contribution in [0.3, 0.4) is 0 Å². The maximum Gasteiger partial charge on any atom is 0.359 e. The number of hydrogen-bond donors (Lipinski definition) is 1. The number of carbonyl (C=O) groups is 2. The highest BCUT2D eigenvalue weighted by Gasteiger charge is 2.70. The normalized spacial score (nSPS) is 27.7. The molecule has 0 radical (unpaired) electrons. The zero-order valence-electron chi connectivity index (χ0n) is 17.1. The molecule has 2 unspecified atom stereocenters. The number of fused-ring (bicyclic) bond motifs is 1. The molecule has 1 N–H and O–H groups in total. The number of nitriles is 1. The van der Waals surface area contributed by atoms with Gasteiger partial charge >= 0.3 is 11.9 Å². The number of carboxylic acid groups (broad SMARTS) is 1. The third kappa shape index (κ3) is 3.09. The molecule has 3 aliphatic heterocycles. The molecule has 5 rings (SSSR count). The van der Waals surface area contributed by atoms with Gasteiger partial charge in [-0.05, 0) is 36.0 Å². The van der Waals surface area contributed by atoms with Gasteiger partial charge in [-0.2, -0.15) is 9.74 Å². The Morgan fingerprint density at radius 3 is 2.56 bits per heavy atom. The lowest BCUT2D eigenvalue weighted by Crippen LogP contribution is -2.28. The number of carboxylic acids is 1. The number of quaternary nitrogens is 1. The lowest BCUT2D eigenvalue weighted by molar-refractivity contribution is -0.679. The van der Waals surface area contributed by atoms with E-state index in [2.05, 4.69) is 4.90 Å². The number of thioether (sulfide) groups is 2. The van der Waals surface area contributed by atoms with E-state index in [1.165, 1.54) is 0 Å². The number of para-hydroxylation sites is 1. The number of carbonyl (C=O) groups excluding carboxylic acids is 1. The maximum atomic E-state index is 13.5. The average molecular weight is 461 g/mol. The molecule has 2 atom stereocenters. The Bertz CT molecular complexity index is 1290. The van der Waals surface area contributed by atoms with Gasteiger partial charge in [0.2, 0.25) is 10.6 Å². The molecule has 1 amide bonds. The van der Waals surface area contributed by atoms with E-state index in [0.717, 1.165) is 32.9 Å². The summed E-state index contributed by atoms with van der Waals surface area (Å²) >= 11 is 2.72. The third-order valence-electron chi connectivity index (χ3n) is 5.87. The van der Waals surface area contributed by atoms with Crippen LogP contribution in [0.4, 0.5) is 5.69 Å². The van der Waals surface area contributed by atoms with Gasteiger partial charge in [0.25, 0.3) is 0 Å². The van der Waals surface area contributed by atoms with Crippen LogP contribution >= 0.6 is 23.5 Å². The molecular formula is C24H18N3O3S2+. The van der Waals surface area contributed by atoms with Gasteiger partial charge in [-0.15, -0.1) is 0 Å². The standard InChI is InChI=1S/C24H17N3O3S2/c1-26-17-9-5-6-10-19(17)31-21(26)12-11-20-22(28)27(23(32-20)16(13-25)24(29)30)14-18(27)15-7-3-2-4-8-15/h2-12,18H,14H2,1H3/p+1/b20-11?,21-12?,23-16+. The molecule has 158 valence electrons. The quantitative estimate of drug-likeness (QED) is 0.310. The van der Waals surface area contributed by atoms with Crippen molar-refractivity contribution < 1.29 is 19.2 Å². The summed E-state index contributed by atoms with van der Waals surface area (Å²) in [6.45, 7) is 0.456. The fourth-order valence-corrected chi connectivity index (χ4v) is 6.51. The van der Waals surface area contributed by atoms with Crippen LogP contribution in [-0.2, 0) is 9.59 Å². The van der Waals surface area contributed by atoms with E-state index in [1.807, 2.05) is 67.7 Å². The minimum absolute atomic E-state index is 0.123. The first-order valence-corrected chi connectivity index (χ1v) is 11.6. The van der Waals surface area contributed by atoms with E-state index in [4.69, 9.17) is 0 Å². The fraction of sp³-hybridized carbons (Fsp3) is 0.125. The second-order valence-electron chi connectivity index (χ2n) is 7.65. The summed E-state index contributed by atoms with van der Waals surface area (Å²) in [5, 5.41) is 20.4. The Morgan fingerprint density at radius 1 is 1.16 bits per heavy atom. The number of rotatable bonds is 3. The van der Waals surface area contributed by atoms with Crippen LogP contribution in [0.2, 0.25) is 0 Å². The minimum atomic E-state index is -1.31. The van der Waals surface area contributed by atoms with Crippen LogP contribution < -0.4 is 4.90 Å². The number of anilines is 1. The molecule has 0 aromatic heterocycles. The second kappa shape index (κ2) is 7.71. The summed E-state index contributed by atoms with van der Waals surface area (Å²) in [5.41, 5.74) is 1.70. The lowest BCUT2D eigenvalue weighted by atomic mass is 10.1. The van der Waals surface area contributed by atoms with Crippen LogP contribution in [0.15, 0.2) is 92.2 Å². The summed E-state index contributed by atoms with van der Waals surface area (Å²) in [4.78, 5) is 28.9. The minimum Gasteiger partial charge on any atom is -0.477 e. The van der Waals surface area contributed by atoms with Crippen LogP contribution in [0.25, 0.3) is 0 Å². The smallest absolute Gasteiger partial charge is 0.359 e. The predicted molar refractivity (Wildman–Crippen MR) is 124 cm³/mol. The molecule has 6 nitrogen and oxygen atoms in total.